The molecular weight excluding hydrogens is 395 g/mol. The third-order valence-electron chi connectivity index (χ3n) is 7.11. The molecule has 1 saturated carbocycles. The van der Waals surface area contributed by atoms with Gasteiger partial charge < -0.3 is 5.11 Å². The molecule has 0 aromatic heterocycles. The molecule has 2 aliphatic carbocycles. The van der Waals surface area contributed by atoms with E-state index in [-0.39, 0.29) is 5.82 Å². The molecule has 1 N–H and O–H groups in total. The van der Waals surface area contributed by atoms with Gasteiger partial charge in [0.2, 0.25) is 0 Å². The minimum Gasteiger partial charge on any atom is -0.386 e. The second kappa shape index (κ2) is 10.0. The SMILES string of the molecule is CC(/C=C1/CCC(c2ccc(F)cc2)C(C2=CCC(C)(O)C=C2)C1)CCc1ccccc1. The molecule has 2 aromatic carbocycles. The highest BCUT2D eigenvalue weighted by Crippen LogP contribution is 2.45. The molecule has 4 unspecified atom stereocenters. The Morgan fingerprint density at radius 2 is 1.84 bits per heavy atom. The van der Waals surface area contributed by atoms with Gasteiger partial charge >= 0.3 is 0 Å². The maximum Gasteiger partial charge on any atom is 0.123 e. The average Bonchev–Trinajstić information content (AvgIpc) is 2.79. The lowest BCUT2D eigenvalue weighted by atomic mass is 9.68. The maximum atomic E-state index is 13.5. The van der Waals surface area contributed by atoms with Crippen LogP contribution in [0, 0.1) is 17.7 Å². The zero-order valence-electron chi connectivity index (χ0n) is 19.3. The minimum absolute atomic E-state index is 0.179. The fourth-order valence-corrected chi connectivity index (χ4v) is 5.22. The average molecular weight is 431 g/mol. The van der Waals surface area contributed by atoms with Gasteiger partial charge in [-0.1, -0.05) is 79.3 Å². The Kier molecular flexibility index (Phi) is 7.10. The Bertz CT molecular complexity index is 981. The first-order chi connectivity index (χ1) is 15.4. The molecule has 4 rings (SSSR count). The third-order valence-corrected chi connectivity index (χ3v) is 7.11. The van der Waals surface area contributed by atoms with Crippen LogP contribution in [-0.2, 0) is 6.42 Å². The molecule has 0 heterocycles. The van der Waals surface area contributed by atoms with E-state index < -0.39 is 5.60 Å². The van der Waals surface area contributed by atoms with E-state index in [1.807, 2.05) is 25.1 Å². The molecule has 2 aliphatic rings. The summed E-state index contributed by atoms with van der Waals surface area (Å²) in [6.45, 7) is 4.18. The maximum absolute atomic E-state index is 13.5. The Morgan fingerprint density at radius 1 is 1.09 bits per heavy atom. The predicted molar refractivity (Wildman–Crippen MR) is 131 cm³/mol. The van der Waals surface area contributed by atoms with E-state index in [0.29, 0.717) is 24.2 Å². The monoisotopic (exact) mass is 430 g/mol. The van der Waals surface area contributed by atoms with E-state index in [1.54, 1.807) is 17.7 Å². The Labute approximate surface area is 192 Å². The first kappa shape index (κ1) is 22.7. The van der Waals surface area contributed by atoms with Gasteiger partial charge in [-0.15, -0.1) is 0 Å². The summed E-state index contributed by atoms with van der Waals surface area (Å²) in [5.41, 5.74) is 4.72. The summed E-state index contributed by atoms with van der Waals surface area (Å²) in [6.07, 6.45) is 14.9. The van der Waals surface area contributed by atoms with Crippen LogP contribution >= 0.6 is 0 Å². The number of aliphatic hydroxyl groups is 1. The van der Waals surface area contributed by atoms with Gasteiger partial charge in [-0.2, -0.15) is 0 Å². The molecule has 0 amide bonds. The number of rotatable bonds is 6. The first-order valence-corrected chi connectivity index (χ1v) is 12.0. The van der Waals surface area contributed by atoms with Crippen molar-refractivity contribution in [2.24, 2.45) is 11.8 Å². The summed E-state index contributed by atoms with van der Waals surface area (Å²) in [5.74, 6) is 1.12. The molecule has 2 aromatic rings. The van der Waals surface area contributed by atoms with Crippen molar-refractivity contribution in [3.63, 3.8) is 0 Å². The topological polar surface area (TPSA) is 20.2 Å². The zero-order chi connectivity index (χ0) is 22.6. The second-order valence-corrected chi connectivity index (χ2v) is 9.93. The van der Waals surface area contributed by atoms with Crippen molar-refractivity contribution >= 4 is 0 Å². The quantitative estimate of drug-likeness (QED) is 0.469. The van der Waals surface area contributed by atoms with E-state index in [1.165, 1.54) is 16.7 Å². The summed E-state index contributed by atoms with van der Waals surface area (Å²) in [5, 5.41) is 10.3. The second-order valence-electron chi connectivity index (χ2n) is 9.93. The molecule has 0 spiro atoms. The number of allylic oxidation sites excluding steroid dienone is 4. The van der Waals surface area contributed by atoms with Crippen LogP contribution in [0.4, 0.5) is 4.39 Å². The molecule has 0 aliphatic heterocycles. The molecule has 2 heteroatoms. The number of halogens is 1. The molecule has 0 bridgehead atoms. The van der Waals surface area contributed by atoms with Gasteiger partial charge in [-0.3, -0.25) is 0 Å². The number of benzene rings is 2. The molecule has 4 atom stereocenters. The minimum atomic E-state index is -0.756. The summed E-state index contributed by atoms with van der Waals surface area (Å²) in [7, 11) is 0. The van der Waals surface area contributed by atoms with Gasteiger partial charge in [0.15, 0.2) is 0 Å². The van der Waals surface area contributed by atoms with Gasteiger partial charge in [0.05, 0.1) is 5.60 Å². The van der Waals surface area contributed by atoms with Crippen molar-refractivity contribution in [2.75, 3.05) is 0 Å². The fourth-order valence-electron chi connectivity index (χ4n) is 5.22. The smallest absolute Gasteiger partial charge is 0.123 e. The van der Waals surface area contributed by atoms with Crippen LogP contribution in [-0.4, -0.2) is 10.7 Å². The molecule has 0 saturated heterocycles. The van der Waals surface area contributed by atoms with Gasteiger partial charge in [-0.05, 0) is 92.0 Å². The summed E-state index contributed by atoms with van der Waals surface area (Å²) in [6, 6.07) is 17.8. The van der Waals surface area contributed by atoms with Gasteiger partial charge in [0.25, 0.3) is 0 Å². The largest absolute Gasteiger partial charge is 0.386 e. The standard InChI is InChI=1S/C30H35FO/c1-22(8-9-23-6-4-3-5-7-23)20-24-10-15-28(25-11-13-27(31)14-12-25)29(21-24)26-16-18-30(2,32)19-17-26/h3-7,11-14,16-18,20,22,28-29,32H,8-10,15,19,21H2,1-2H3/b24-20-. The van der Waals surface area contributed by atoms with Gasteiger partial charge in [-0.25, -0.2) is 4.39 Å². The van der Waals surface area contributed by atoms with E-state index >= 15 is 0 Å². The van der Waals surface area contributed by atoms with Gasteiger partial charge in [0, 0.05) is 0 Å². The molecule has 0 radical (unpaired) electrons. The molecule has 1 nitrogen and oxygen atoms in total. The highest BCUT2D eigenvalue weighted by atomic mass is 19.1. The lowest BCUT2D eigenvalue weighted by Gasteiger charge is -2.36. The fraction of sp³-hybridized carbons (Fsp3) is 0.400. The molecule has 1 fully saturated rings. The van der Waals surface area contributed by atoms with Crippen LogP contribution in [0.25, 0.3) is 0 Å². The Balaban J connectivity index is 1.50. The normalized spacial score (nSPS) is 27.9. The van der Waals surface area contributed by atoms with Crippen LogP contribution in [0.1, 0.15) is 63.0 Å². The highest BCUT2D eigenvalue weighted by Gasteiger charge is 2.32. The van der Waals surface area contributed by atoms with Crippen molar-refractivity contribution < 1.29 is 9.50 Å². The molecule has 168 valence electrons. The van der Waals surface area contributed by atoms with E-state index in [0.717, 1.165) is 32.1 Å². The summed E-state index contributed by atoms with van der Waals surface area (Å²) >= 11 is 0. The van der Waals surface area contributed by atoms with Crippen molar-refractivity contribution in [3.8, 4) is 0 Å². The Morgan fingerprint density at radius 3 is 2.53 bits per heavy atom. The molecular formula is C30H35FO. The van der Waals surface area contributed by atoms with E-state index in [2.05, 4.69) is 55.5 Å². The first-order valence-electron chi connectivity index (χ1n) is 12.0. The molecule has 32 heavy (non-hydrogen) atoms. The Hall–Kier alpha value is -2.45. The number of aryl methyl sites for hydroxylation is 1. The predicted octanol–water partition coefficient (Wildman–Crippen LogP) is 7.54. The van der Waals surface area contributed by atoms with Crippen molar-refractivity contribution in [1.29, 1.82) is 0 Å². The van der Waals surface area contributed by atoms with Crippen LogP contribution in [0.15, 0.2) is 90.0 Å². The van der Waals surface area contributed by atoms with Crippen LogP contribution in [0.5, 0.6) is 0 Å². The van der Waals surface area contributed by atoms with Crippen LogP contribution in [0.3, 0.4) is 0 Å². The number of hydrogen-bond acceptors (Lipinski definition) is 1. The van der Waals surface area contributed by atoms with Crippen LogP contribution in [0.2, 0.25) is 0 Å². The van der Waals surface area contributed by atoms with Crippen molar-refractivity contribution in [3.05, 3.63) is 107 Å². The van der Waals surface area contributed by atoms with Crippen LogP contribution < -0.4 is 0 Å². The van der Waals surface area contributed by atoms with Crippen molar-refractivity contribution in [1.82, 2.24) is 0 Å². The lowest BCUT2D eigenvalue weighted by molar-refractivity contribution is 0.113. The highest BCUT2D eigenvalue weighted by molar-refractivity contribution is 5.36. The van der Waals surface area contributed by atoms with E-state index in [9.17, 15) is 9.50 Å². The number of hydrogen-bond donors (Lipinski definition) is 1. The van der Waals surface area contributed by atoms with Gasteiger partial charge in [0.1, 0.15) is 5.82 Å². The van der Waals surface area contributed by atoms with E-state index in [4.69, 9.17) is 0 Å². The summed E-state index contributed by atoms with van der Waals surface area (Å²) in [4.78, 5) is 0. The summed E-state index contributed by atoms with van der Waals surface area (Å²) < 4.78 is 13.5. The lowest BCUT2D eigenvalue weighted by Crippen LogP contribution is -2.26. The third kappa shape index (κ3) is 5.86. The zero-order valence-corrected chi connectivity index (χ0v) is 19.3. The van der Waals surface area contributed by atoms with Crippen molar-refractivity contribution in [2.45, 2.75) is 63.9 Å².